The van der Waals surface area contributed by atoms with Crippen LogP contribution in [0.5, 0.6) is 5.75 Å². The van der Waals surface area contributed by atoms with E-state index in [0.717, 1.165) is 18.7 Å². The predicted molar refractivity (Wildman–Crippen MR) is 178 cm³/mol. The number of fused-ring (bicyclic) bond motifs is 1. The molecule has 0 aliphatic heterocycles. The molecule has 2 aromatic carbocycles. The van der Waals surface area contributed by atoms with Crippen LogP contribution in [-0.2, 0) is 16.1 Å². The molecule has 0 amide bonds. The minimum absolute atomic E-state index is 0.00358. The van der Waals surface area contributed by atoms with Crippen molar-refractivity contribution in [3.8, 4) is 17.0 Å². The molecule has 0 spiro atoms. The standard InChI is InChI=1S/C38H57NO3/c1-13-14-17-24-39-31-19-16-15-18-29(31)25-32(39)28-20-22-30(23-21-28)41-36(8,9)27-37(10,11)42-33(40)38(12,35(5,6)7)26-34(2,3)4/h15-16,18-23,25H,13-14,17,24,26-27H2,1-12H3. The number of nitrogens with zero attached hydrogens (tertiary/aromatic N) is 1. The molecular formula is C38H57NO3. The molecule has 0 aliphatic rings. The third kappa shape index (κ3) is 8.42. The van der Waals surface area contributed by atoms with Gasteiger partial charge in [-0.25, -0.2) is 0 Å². The number of carbonyl (C=O) groups excluding carboxylic acids is 1. The van der Waals surface area contributed by atoms with Crippen molar-refractivity contribution >= 4 is 16.9 Å². The summed E-state index contributed by atoms with van der Waals surface area (Å²) in [5.74, 6) is 0.677. The molecule has 1 unspecified atom stereocenters. The number of rotatable bonds is 12. The predicted octanol–water partition coefficient (Wildman–Crippen LogP) is 10.9. The van der Waals surface area contributed by atoms with E-state index in [9.17, 15) is 4.79 Å². The van der Waals surface area contributed by atoms with Crippen LogP contribution in [0.1, 0.15) is 115 Å². The molecule has 1 aromatic heterocycles. The van der Waals surface area contributed by atoms with Crippen molar-refractivity contribution in [2.75, 3.05) is 0 Å². The Kier molecular flexibility index (Phi) is 10.0. The first-order valence-corrected chi connectivity index (χ1v) is 15.9. The van der Waals surface area contributed by atoms with Crippen molar-refractivity contribution < 1.29 is 14.3 Å². The van der Waals surface area contributed by atoms with Gasteiger partial charge in [0.05, 0.1) is 5.41 Å². The number of aromatic nitrogens is 1. The number of ether oxygens (including phenoxy) is 2. The van der Waals surface area contributed by atoms with Gasteiger partial charge < -0.3 is 14.0 Å². The van der Waals surface area contributed by atoms with Crippen molar-refractivity contribution in [3.63, 3.8) is 0 Å². The average Bonchev–Trinajstić information content (AvgIpc) is 3.20. The van der Waals surface area contributed by atoms with Gasteiger partial charge in [0.25, 0.3) is 0 Å². The molecule has 3 rings (SSSR count). The van der Waals surface area contributed by atoms with E-state index in [4.69, 9.17) is 9.47 Å². The van der Waals surface area contributed by atoms with Crippen molar-refractivity contribution in [3.05, 3.63) is 54.6 Å². The average molecular weight is 576 g/mol. The summed E-state index contributed by atoms with van der Waals surface area (Å²) in [6.45, 7) is 26.4. The normalized spacial score (nSPS) is 14.6. The Bertz CT molecular complexity index is 1330. The Morgan fingerprint density at radius 1 is 0.762 bits per heavy atom. The second-order valence-corrected chi connectivity index (χ2v) is 16.0. The molecule has 4 heteroatoms. The third-order valence-electron chi connectivity index (χ3n) is 8.55. The molecule has 0 saturated carbocycles. The Labute approximate surface area is 256 Å². The summed E-state index contributed by atoms with van der Waals surface area (Å²) in [6, 6.07) is 19.4. The molecule has 0 N–H and O–H groups in total. The smallest absolute Gasteiger partial charge is 0.312 e. The lowest BCUT2D eigenvalue weighted by Gasteiger charge is -2.45. The molecule has 42 heavy (non-hydrogen) atoms. The molecule has 1 heterocycles. The fraction of sp³-hybridized carbons (Fsp3) is 0.605. The first kappa shape index (κ1) is 33.7. The Morgan fingerprint density at radius 2 is 1.38 bits per heavy atom. The maximum Gasteiger partial charge on any atom is 0.312 e. The summed E-state index contributed by atoms with van der Waals surface area (Å²) in [5.41, 5.74) is 1.64. The molecule has 0 radical (unpaired) electrons. The van der Waals surface area contributed by atoms with Crippen LogP contribution >= 0.6 is 0 Å². The topological polar surface area (TPSA) is 40.5 Å². The van der Waals surface area contributed by atoms with Crippen LogP contribution in [0.3, 0.4) is 0 Å². The number of esters is 1. The van der Waals surface area contributed by atoms with E-state index in [0.29, 0.717) is 6.42 Å². The molecule has 1 atom stereocenters. The third-order valence-corrected chi connectivity index (χ3v) is 8.55. The summed E-state index contributed by atoms with van der Waals surface area (Å²) in [7, 11) is 0. The molecule has 0 aliphatic carbocycles. The number of aryl methyl sites for hydroxylation is 1. The van der Waals surface area contributed by atoms with Crippen LogP contribution < -0.4 is 4.74 Å². The minimum Gasteiger partial charge on any atom is -0.488 e. The summed E-state index contributed by atoms with van der Waals surface area (Å²) < 4.78 is 15.3. The van der Waals surface area contributed by atoms with E-state index >= 15 is 0 Å². The van der Waals surface area contributed by atoms with Crippen LogP contribution in [-0.4, -0.2) is 21.7 Å². The SMILES string of the molecule is CCCCCn1c(-c2ccc(OC(C)(C)CC(C)(C)OC(=O)C(C)(CC(C)(C)C)C(C)(C)C)cc2)cc2ccccc21. The number of unbranched alkanes of at least 4 members (excludes halogenated alkanes) is 2. The number of para-hydroxylation sites is 1. The van der Waals surface area contributed by atoms with Crippen molar-refractivity contribution in [1.29, 1.82) is 0 Å². The second-order valence-electron chi connectivity index (χ2n) is 16.0. The lowest BCUT2D eigenvalue weighted by Crippen LogP contribution is -2.48. The summed E-state index contributed by atoms with van der Waals surface area (Å²) in [5, 5.41) is 1.27. The van der Waals surface area contributed by atoms with Gasteiger partial charge in [0, 0.05) is 29.6 Å². The highest BCUT2D eigenvalue weighted by molar-refractivity contribution is 5.87. The number of benzene rings is 2. The van der Waals surface area contributed by atoms with Crippen molar-refractivity contribution in [1.82, 2.24) is 4.57 Å². The summed E-state index contributed by atoms with van der Waals surface area (Å²) >= 11 is 0. The van der Waals surface area contributed by atoms with Gasteiger partial charge in [-0.2, -0.15) is 0 Å². The molecule has 0 fully saturated rings. The molecule has 0 bridgehead atoms. The van der Waals surface area contributed by atoms with Gasteiger partial charge in [-0.1, -0.05) is 79.5 Å². The minimum atomic E-state index is -0.690. The zero-order valence-corrected chi connectivity index (χ0v) is 28.6. The highest BCUT2D eigenvalue weighted by Gasteiger charge is 2.49. The van der Waals surface area contributed by atoms with Crippen LogP contribution in [0.4, 0.5) is 0 Å². The highest BCUT2D eigenvalue weighted by Crippen LogP contribution is 2.48. The first-order valence-electron chi connectivity index (χ1n) is 15.9. The van der Waals surface area contributed by atoms with Gasteiger partial charge in [0.15, 0.2) is 0 Å². The van der Waals surface area contributed by atoms with Gasteiger partial charge in [-0.15, -0.1) is 0 Å². The van der Waals surface area contributed by atoms with Gasteiger partial charge in [-0.05, 0) is 100 Å². The Balaban J connectivity index is 1.75. The number of hydrogen-bond donors (Lipinski definition) is 0. The van der Waals surface area contributed by atoms with Gasteiger partial charge in [0.1, 0.15) is 17.0 Å². The van der Waals surface area contributed by atoms with Crippen molar-refractivity contribution in [2.24, 2.45) is 16.2 Å². The molecule has 232 valence electrons. The van der Waals surface area contributed by atoms with E-state index in [2.05, 4.69) is 128 Å². The maximum atomic E-state index is 13.7. The fourth-order valence-corrected chi connectivity index (χ4v) is 6.39. The van der Waals surface area contributed by atoms with Gasteiger partial charge in [0.2, 0.25) is 0 Å². The zero-order chi connectivity index (χ0) is 31.6. The monoisotopic (exact) mass is 575 g/mol. The van der Waals surface area contributed by atoms with Gasteiger partial charge >= 0.3 is 5.97 Å². The summed E-state index contributed by atoms with van der Waals surface area (Å²) in [6.07, 6.45) is 4.92. The Hall–Kier alpha value is -2.75. The lowest BCUT2D eigenvalue weighted by atomic mass is 9.61. The molecular weight excluding hydrogens is 518 g/mol. The maximum absolute atomic E-state index is 13.7. The highest BCUT2D eigenvalue weighted by atomic mass is 16.6. The van der Waals surface area contributed by atoms with Crippen LogP contribution in [0.2, 0.25) is 0 Å². The van der Waals surface area contributed by atoms with E-state index in [1.54, 1.807) is 0 Å². The summed E-state index contributed by atoms with van der Waals surface area (Å²) in [4.78, 5) is 13.7. The van der Waals surface area contributed by atoms with E-state index in [1.807, 2.05) is 13.8 Å². The number of hydrogen-bond acceptors (Lipinski definition) is 3. The van der Waals surface area contributed by atoms with Crippen molar-refractivity contribution in [2.45, 2.75) is 133 Å². The van der Waals surface area contributed by atoms with E-state index in [-0.39, 0.29) is 16.8 Å². The fourth-order valence-electron chi connectivity index (χ4n) is 6.39. The Morgan fingerprint density at radius 3 is 1.95 bits per heavy atom. The van der Waals surface area contributed by atoms with E-state index < -0.39 is 16.6 Å². The first-order chi connectivity index (χ1) is 19.3. The lowest BCUT2D eigenvalue weighted by molar-refractivity contribution is -0.181. The zero-order valence-electron chi connectivity index (χ0n) is 28.6. The molecule has 3 aromatic rings. The van der Waals surface area contributed by atoms with Crippen LogP contribution in [0.15, 0.2) is 54.6 Å². The molecule has 4 nitrogen and oxygen atoms in total. The number of carbonyl (C=O) groups is 1. The quantitative estimate of drug-likeness (QED) is 0.159. The van der Waals surface area contributed by atoms with E-state index in [1.165, 1.54) is 41.4 Å². The van der Waals surface area contributed by atoms with Gasteiger partial charge in [-0.3, -0.25) is 4.79 Å². The largest absolute Gasteiger partial charge is 0.488 e. The second kappa shape index (κ2) is 12.5. The molecule has 0 saturated heterocycles. The van der Waals surface area contributed by atoms with Crippen LogP contribution in [0, 0.1) is 16.2 Å². The van der Waals surface area contributed by atoms with Crippen LogP contribution in [0.25, 0.3) is 22.2 Å².